The van der Waals surface area contributed by atoms with E-state index in [9.17, 15) is 9.59 Å². The first-order valence-electron chi connectivity index (χ1n) is 8.66. The third kappa shape index (κ3) is 3.92. The van der Waals surface area contributed by atoms with Gasteiger partial charge in [-0.25, -0.2) is 0 Å². The molecule has 0 unspecified atom stereocenters. The van der Waals surface area contributed by atoms with Crippen LogP contribution in [0.3, 0.4) is 0 Å². The van der Waals surface area contributed by atoms with E-state index in [1.54, 1.807) is 13.2 Å². The first-order valence-corrected chi connectivity index (χ1v) is 8.66. The zero-order valence-electron chi connectivity index (χ0n) is 14.8. The molecule has 2 heterocycles. The van der Waals surface area contributed by atoms with Crippen molar-refractivity contribution in [2.45, 2.75) is 19.3 Å². The standard InChI is InChI=1S/C20H24N2O3/c1-21-14-17(18(25-2)13-19(21)23)20(24)22-10-8-16(9-11-22)12-15-6-4-3-5-7-15/h3-7,13-14,16H,8-12H2,1-2H3. The zero-order chi connectivity index (χ0) is 17.8. The van der Waals surface area contributed by atoms with Gasteiger partial charge in [-0.3, -0.25) is 9.59 Å². The Hall–Kier alpha value is -2.56. The molecule has 0 saturated carbocycles. The molecule has 1 aliphatic rings. The highest BCUT2D eigenvalue weighted by Gasteiger charge is 2.26. The number of hydrogen-bond acceptors (Lipinski definition) is 3. The minimum absolute atomic E-state index is 0.0642. The summed E-state index contributed by atoms with van der Waals surface area (Å²) in [6, 6.07) is 11.9. The maximum absolute atomic E-state index is 12.8. The molecule has 1 aromatic carbocycles. The van der Waals surface area contributed by atoms with Crippen LogP contribution in [0.1, 0.15) is 28.8 Å². The fourth-order valence-electron chi connectivity index (χ4n) is 3.40. The van der Waals surface area contributed by atoms with Crippen molar-refractivity contribution in [1.29, 1.82) is 0 Å². The maximum atomic E-state index is 12.8. The van der Waals surface area contributed by atoms with Gasteiger partial charge in [0.05, 0.1) is 12.7 Å². The van der Waals surface area contributed by atoms with Crippen LogP contribution in [-0.2, 0) is 13.5 Å². The molecule has 5 heteroatoms. The number of ether oxygens (including phenoxy) is 1. The lowest BCUT2D eigenvalue weighted by atomic mass is 9.90. The van der Waals surface area contributed by atoms with Crippen LogP contribution in [0.2, 0.25) is 0 Å². The van der Waals surface area contributed by atoms with E-state index in [-0.39, 0.29) is 11.5 Å². The van der Waals surface area contributed by atoms with E-state index >= 15 is 0 Å². The van der Waals surface area contributed by atoms with Crippen molar-refractivity contribution < 1.29 is 9.53 Å². The smallest absolute Gasteiger partial charge is 0.259 e. The highest BCUT2D eigenvalue weighted by molar-refractivity contribution is 5.96. The van der Waals surface area contributed by atoms with Crippen LogP contribution < -0.4 is 10.3 Å². The fraction of sp³-hybridized carbons (Fsp3) is 0.400. The highest BCUT2D eigenvalue weighted by atomic mass is 16.5. The van der Waals surface area contributed by atoms with E-state index in [1.807, 2.05) is 11.0 Å². The molecule has 1 aliphatic heterocycles. The number of carbonyl (C=O) groups is 1. The lowest BCUT2D eigenvalue weighted by Crippen LogP contribution is -2.39. The molecule has 0 radical (unpaired) electrons. The first-order chi connectivity index (χ1) is 12.1. The third-order valence-corrected chi connectivity index (χ3v) is 4.91. The Balaban J connectivity index is 1.66. The van der Waals surface area contributed by atoms with Gasteiger partial charge < -0.3 is 14.2 Å². The van der Waals surface area contributed by atoms with Crippen molar-refractivity contribution in [3.05, 3.63) is 64.1 Å². The monoisotopic (exact) mass is 340 g/mol. The molecule has 3 rings (SSSR count). The highest BCUT2D eigenvalue weighted by Crippen LogP contribution is 2.24. The van der Waals surface area contributed by atoms with Crippen LogP contribution in [0.25, 0.3) is 0 Å². The third-order valence-electron chi connectivity index (χ3n) is 4.91. The van der Waals surface area contributed by atoms with Gasteiger partial charge in [0, 0.05) is 32.4 Å². The molecular weight excluding hydrogens is 316 g/mol. The predicted molar refractivity (Wildman–Crippen MR) is 97.0 cm³/mol. The molecule has 0 aliphatic carbocycles. The van der Waals surface area contributed by atoms with Gasteiger partial charge in [0.15, 0.2) is 0 Å². The van der Waals surface area contributed by atoms with Gasteiger partial charge in [0.1, 0.15) is 5.75 Å². The van der Waals surface area contributed by atoms with E-state index in [2.05, 4.69) is 24.3 Å². The van der Waals surface area contributed by atoms with Crippen LogP contribution in [-0.4, -0.2) is 35.6 Å². The van der Waals surface area contributed by atoms with Crippen molar-refractivity contribution in [3.8, 4) is 5.75 Å². The molecule has 25 heavy (non-hydrogen) atoms. The Kier molecular flexibility index (Phi) is 5.22. The SMILES string of the molecule is COc1cc(=O)n(C)cc1C(=O)N1CCC(Cc2ccccc2)CC1. The van der Waals surface area contributed by atoms with Crippen LogP contribution in [0.5, 0.6) is 5.75 Å². The molecule has 1 saturated heterocycles. The molecule has 0 bridgehead atoms. The van der Waals surface area contributed by atoms with Crippen molar-refractivity contribution >= 4 is 5.91 Å². The van der Waals surface area contributed by atoms with E-state index in [4.69, 9.17) is 4.74 Å². The molecule has 1 fully saturated rings. The molecule has 1 amide bonds. The number of piperidine rings is 1. The first kappa shape index (κ1) is 17.3. The van der Waals surface area contributed by atoms with Crippen LogP contribution in [0, 0.1) is 5.92 Å². The van der Waals surface area contributed by atoms with Crippen molar-refractivity contribution in [3.63, 3.8) is 0 Å². The number of pyridine rings is 1. The second kappa shape index (κ2) is 7.55. The zero-order valence-corrected chi connectivity index (χ0v) is 14.8. The lowest BCUT2D eigenvalue weighted by molar-refractivity contribution is 0.0686. The second-order valence-corrected chi connectivity index (χ2v) is 6.63. The van der Waals surface area contributed by atoms with Gasteiger partial charge in [-0.05, 0) is 30.7 Å². The molecule has 0 spiro atoms. The van der Waals surface area contributed by atoms with Crippen LogP contribution >= 0.6 is 0 Å². The van der Waals surface area contributed by atoms with E-state index in [0.29, 0.717) is 17.2 Å². The number of likely N-dealkylation sites (tertiary alicyclic amines) is 1. The number of carbonyl (C=O) groups excluding carboxylic acids is 1. The summed E-state index contributed by atoms with van der Waals surface area (Å²) >= 11 is 0. The van der Waals surface area contributed by atoms with Crippen molar-refractivity contribution in [2.75, 3.05) is 20.2 Å². The van der Waals surface area contributed by atoms with Gasteiger partial charge in [0.2, 0.25) is 0 Å². The Labute approximate surface area is 147 Å². The number of methoxy groups -OCH3 is 1. The minimum Gasteiger partial charge on any atom is -0.496 e. The summed E-state index contributed by atoms with van der Waals surface area (Å²) in [5.41, 5.74) is 1.62. The summed E-state index contributed by atoms with van der Waals surface area (Å²) < 4.78 is 6.65. The van der Waals surface area contributed by atoms with E-state index in [0.717, 1.165) is 32.4 Å². The summed E-state index contributed by atoms with van der Waals surface area (Å²) in [5.74, 6) is 0.888. The van der Waals surface area contributed by atoms with Gasteiger partial charge in [-0.2, -0.15) is 0 Å². The van der Waals surface area contributed by atoms with Crippen LogP contribution in [0.15, 0.2) is 47.4 Å². The quantitative estimate of drug-likeness (QED) is 0.859. The fourth-order valence-corrected chi connectivity index (χ4v) is 3.40. The number of nitrogens with zero attached hydrogens (tertiary/aromatic N) is 2. The molecule has 1 aromatic heterocycles. The largest absolute Gasteiger partial charge is 0.496 e. The number of rotatable bonds is 4. The summed E-state index contributed by atoms with van der Waals surface area (Å²) in [7, 11) is 3.13. The summed E-state index contributed by atoms with van der Waals surface area (Å²) in [6.45, 7) is 1.48. The van der Waals surface area contributed by atoms with E-state index in [1.165, 1.54) is 23.3 Å². The Bertz CT molecular complexity index is 790. The number of benzene rings is 1. The Morgan fingerprint density at radius 2 is 1.88 bits per heavy atom. The Morgan fingerprint density at radius 3 is 2.52 bits per heavy atom. The number of hydrogen-bond donors (Lipinski definition) is 0. The summed E-state index contributed by atoms with van der Waals surface area (Å²) in [4.78, 5) is 26.4. The molecule has 0 atom stereocenters. The summed E-state index contributed by atoms with van der Waals surface area (Å²) in [6.07, 6.45) is 4.62. The minimum atomic E-state index is -0.185. The van der Waals surface area contributed by atoms with Crippen LogP contribution in [0.4, 0.5) is 0 Å². The second-order valence-electron chi connectivity index (χ2n) is 6.63. The number of aromatic nitrogens is 1. The molecule has 2 aromatic rings. The lowest BCUT2D eigenvalue weighted by Gasteiger charge is -2.32. The molecular formula is C20H24N2O3. The predicted octanol–water partition coefficient (Wildman–Crippen LogP) is 2.49. The molecule has 132 valence electrons. The molecule has 5 nitrogen and oxygen atoms in total. The van der Waals surface area contributed by atoms with Gasteiger partial charge in [-0.15, -0.1) is 0 Å². The summed E-state index contributed by atoms with van der Waals surface area (Å²) in [5, 5.41) is 0. The number of aryl methyl sites for hydroxylation is 1. The average molecular weight is 340 g/mol. The van der Waals surface area contributed by atoms with E-state index < -0.39 is 0 Å². The maximum Gasteiger partial charge on any atom is 0.259 e. The molecule has 0 N–H and O–H groups in total. The Morgan fingerprint density at radius 1 is 1.20 bits per heavy atom. The van der Waals surface area contributed by atoms with Gasteiger partial charge in [-0.1, -0.05) is 30.3 Å². The van der Waals surface area contributed by atoms with Crippen molar-refractivity contribution in [2.24, 2.45) is 13.0 Å². The normalized spacial score (nSPS) is 15.2. The number of amides is 1. The van der Waals surface area contributed by atoms with Gasteiger partial charge >= 0.3 is 0 Å². The average Bonchev–Trinajstić information content (AvgIpc) is 2.64. The van der Waals surface area contributed by atoms with Crippen molar-refractivity contribution in [1.82, 2.24) is 9.47 Å². The van der Waals surface area contributed by atoms with Gasteiger partial charge in [0.25, 0.3) is 11.5 Å². The topological polar surface area (TPSA) is 51.5 Å².